The van der Waals surface area contributed by atoms with Crippen molar-refractivity contribution >= 4 is 11.6 Å². The standard InChI is InChI=1S/C20H27FN4O/c1-22-20(23-12-11-16-7-5-6-8-19(16)26-4)24-14-15-9-10-18(25(2)3)17(21)13-15/h5-10,13H,11-12,14H2,1-4H3,(H2,22,23,24). The molecule has 0 bridgehead atoms. The molecule has 5 nitrogen and oxygen atoms in total. The zero-order valence-electron chi connectivity index (χ0n) is 15.8. The van der Waals surface area contributed by atoms with Crippen LogP contribution in [0.2, 0.25) is 0 Å². The minimum absolute atomic E-state index is 0.228. The van der Waals surface area contributed by atoms with E-state index < -0.39 is 0 Å². The summed E-state index contributed by atoms with van der Waals surface area (Å²) < 4.78 is 19.4. The van der Waals surface area contributed by atoms with Crippen LogP contribution in [0.15, 0.2) is 47.5 Å². The molecule has 140 valence electrons. The van der Waals surface area contributed by atoms with Gasteiger partial charge in [-0.1, -0.05) is 24.3 Å². The number of benzene rings is 2. The van der Waals surface area contributed by atoms with Crippen LogP contribution in [0.5, 0.6) is 5.75 Å². The molecule has 0 aliphatic rings. The number of ether oxygens (including phenoxy) is 1. The number of methoxy groups -OCH3 is 1. The molecule has 0 aromatic heterocycles. The van der Waals surface area contributed by atoms with Gasteiger partial charge in [0.2, 0.25) is 0 Å². The van der Waals surface area contributed by atoms with Crippen LogP contribution in [0.25, 0.3) is 0 Å². The van der Waals surface area contributed by atoms with E-state index in [2.05, 4.69) is 15.6 Å². The molecule has 0 saturated carbocycles. The van der Waals surface area contributed by atoms with Crippen molar-refractivity contribution in [1.82, 2.24) is 10.6 Å². The van der Waals surface area contributed by atoms with E-state index in [-0.39, 0.29) is 5.82 Å². The fraction of sp³-hybridized carbons (Fsp3) is 0.350. The number of rotatable bonds is 7. The Labute approximate surface area is 154 Å². The maximum absolute atomic E-state index is 14.0. The number of hydrogen-bond donors (Lipinski definition) is 2. The Morgan fingerprint density at radius 2 is 1.92 bits per heavy atom. The smallest absolute Gasteiger partial charge is 0.191 e. The highest BCUT2D eigenvalue weighted by Crippen LogP contribution is 2.18. The highest BCUT2D eigenvalue weighted by Gasteiger charge is 2.06. The molecule has 0 aliphatic heterocycles. The lowest BCUT2D eigenvalue weighted by Crippen LogP contribution is -2.37. The zero-order chi connectivity index (χ0) is 18.9. The molecular weight excluding hydrogens is 331 g/mol. The number of hydrogen-bond acceptors (Lipinski definition) is 3. The van der Waals surface area contributed by atoms with Crippen molar-refractivity contribution in [3.8, 4) is 5.75 Å². The third-order valence-corrected chi connectivity index (χ3v) is 4.06. The van der Waals surface area contributed by atoms with Crippen molar-refractivity contribution in [3.05, 3.63) is 59.4 Å². The predicted octanol–water partition coefficient (Wildman–Crippen LogP) is 2.81. The number of anilines is 1. The van der Waals surface area contributed by atoms with Crippen LogP contribution in [-0.2, 0) is 13.0 Å². The fourth-order valence-electron chi connectivity index (χ4n) is 2.65. The van der Waals surface area contributed by atoms with Crippen molar-refractivity contribution in [2.24, 2.45) is 4.99 Å². The molecule has 0 aliphatic carbocycles. The first-order valence-corrected chi connectivity index (χ1v) is 8.57. The molecule has 0 radical (unpaired) electrons. The van der Waals surface area contributed by atoms with Gasteiger partial charge in [0.1, 0.15) is 11.6 Å². The van der Waals surface area contributed by atoms with Crippen molar-refractivity contribution in [1.29, 1.82) is 0 Å². The van der Waals surface area contributed by atoms with E-state index >= 15 is 0 Å². The first kappa shape index (κ1) is 19.6. The summed E-state index contributed by atoms with van der Waals surface area (Å²) in [4.78, 5) is 5.96. The van der Waals surface area contributed by atoms with Gasteiger partial charge in [0.15, 0.2) is 5.96 Å². The van der Waals surface area contributed by atoms with Crippen LogP contribution in [0.3, 0.4) is 0 Å². The second-order valence-corrected chi connectivity index (χ2v) is 6.09. The summed E-state index contributed by atoms with van der Waals surface area (Å²) in [7, 11) is 7.04. The van der Waals surface area contributed by atoms with Crippen LogP contribution in [0.4, 0.5) is 10.1 Å². The average molecular weight is 358 g/mol. The SMILES string of the molecule is CN=C(NCCc1ccccc1OC)NCc1ccc(N(C)C)c(F)c1. The summed E-state index contributed by atoms with van der Waals surface area (Å²) >= 11 is 0. The molecule has 2 rings (SSSR count). The van der Waals surface area contributed by atoms with Crippen LogP contribution in [0, 0.1) is 5.82 Å². The second kappa shape index (κ2) is 9.65. The Kier molecular flexibility index (Phi) is 7.26. The monoisotopic (exact) mass is 358 g/mol. The number of nitrogens with one attached hydrogen (secondary N) is 2. The molecule has 0 heterocycles. The predicted molar refractivity (Wildman–Crippen MR) is 106 cm³/mol. The Morgan fingerprint density at radius 1 is 1.15 bits per heavy atom. The Bertz CT molecular complexity index is 746. The number of guanidine groups is 1. The molecule has 2 aromatic rings. The van der Waals surface area contributed by atoms with Gasteiger partial charge >= 0.3 is 0 Å². The first-order chi connectivity index (χ1) is 12.5. The maximum Gasteiger partial charge on any atom is 0.191 e. The van der Waals surface area contributed by atoms with E-state index in [1.807, 2.05) is 44.4 Å². The zero-order valence-corrected chi connectivity index (χ0v) is 15.8. The van der Waals surface area contributed by atoms with Gasteiger partial charge in [0, 0.05) is 34.2 Å². The fourth-order valence-corrected chi connectivity index (χ4v) is 2.65. The summed E-state index contributed by atoms with van der Waals surface area (Å²) in [5.74, 6) is 1.33. The molecule has 0 fully saturated rings. The molecule has 2 aromatic carbocycles. The summed E-state index contributed by atoms with van der Waals surface area (Å²) in [6, 6.07) is 13.2. The lowest BCUT2D eigenvalue weighted by atomic mass is 10.1. The minimum Gasteiger partial charge on any atom is -0.496 e. The number of para-hydroxylation sites is 1. The third-order valence-electron chi connectivity index (χ3n) is 4.06. The molecule has 0 unspecified atom stereocenters. The van der Waals surface area contributed by atoms with E-state index in [4.69, 9.17) is 4.74 Å². The molecule has 0 atom stereocenters. The molecule has 26 heavy (non-hydrogen) atoms. The second-order valence-electron chi connectivity index (χ2n) is 6.09. The van der Waals surface area contributed by atoms with Crippen LogP contribution in [-0.4, -0.2) is 40.8 Å². The minimum atomic E-state index is -0.228. The Hall–Kier alpha value is -2.76. The van der Waals surface area contributed by atoms with E-state index in [0.717, 1.165) is 23.3 Å². The third kappa shape index (κ3) is 5.37. The lowest BCUT2D eigenvalue weighted by molar-refractivity contribution is 0.409. The van der Waals surface area contributed by atoms with Crippen molar-refractivity contribution in [2.45, 2.75) is 13.0 Å². The summed E-state index contributed by atoms with van der Waals surface area (Å²) in [5, 5.41) is 6.47. The average Bonchev–Trinajstić information content (AvgIpc) is 2.64. The molecule has 0 amide bonds. The van der Waals surface area contributed by atoms with Gasteiger partial charge in [-0.2, -0.15) is 0 Å². The normalized spacial score (nSPS) is 11.2. The quantitative estimate of drug-likeness (QED) is 0.590. The van der Waals surface area contributed by atoms with Crippen LogP contribution in [0.1, 0.15) is 11.1 Å². The summed E-state index contributed by atoms with van der Waals surface area (Å²) in [6.07, 6.45) is 0.816. The highest BCUT2D eigenvalue weighted by atomic mass is 19.1. The van der Waals surface area contributed by atoms with Gasteiger partial charge in [0.05, 0.1) is 12.8 Å². The van der Waals surface area contributed by atoms with Crippen molar-refractivity contribution in [3.63, 3.8) is 0 Å². The number of halogens is 1. The van der Waals surface area contributed by atoms with Crippen molar-refractivity contribution in [2.75, 3.05) is 39.7 Å². The highest BCUT2D eigenvalue weighted by molar-refractivity contribution is 5.79. The molecule has 0 saturated heterocycles. The molecule has 6 heteroatoms. The van der Waals surface area contributed by atoms with E-state index in [0.29, 0.717) is 24.7 Å². The largest absolute Gasteiger partial charge is 0.496 e. The molecular formula is C20H27FN4O. The van der Waals surface area contributed by atoms with Gasteiger partial charge in [-0.15, -0.1) is 0 Å². The van der Waals surface area contributed by atoms with Crippen LogP contribution >= 0.6 is 0 Å². The van der Waals surface area contributed by atoms with Gasteiger partial charge in [-0.25, -0.2) is 4.39 Å². The number of nitrogens with zero attached hydrogens (tertiary/aromatic N) is 2. The van der Waals surface area contributed by atoms with Gasteiger partial charge in [-0.3, -0.25) is 4.99 Å². The Balaban J connectivity index is 1.85. The summed E-state index contributed by atoms with van der Waals surface area (Å²) in [5.41, 5.74) is 2.58. The first-order valence-electron chi connectivity index (χ1n) is 8.57. The van der Waals surface area contributed by atoms with E-state index in [9.17, 15) is 4.39 Å². The van der Waals surface area contributed by atoms with Gasteiger partial charge in [-0.05, 0) is 35.7 Å². The molecule has 0 spiro atoms. The van der Waals surface area contributed by atoms with Gasteiger partial charge < -0.3 is 20.3 Å². The van der Waals surface area contributed by atoms with E-state index in [1.54, 1.807) is 31.2 Å². The molecule has 2 N–H and O–H groups in total. The summed E-state index contributed by atoms with van der Waals surface area (Å²) in [6.45, 7) is 1.22. The Morgan fingerprint density at radius 3 is 2.58 bits per heavy atom. The maximum atomic E-state index is 14.0. The van der Waals surface area contributed by atoms with E-state index in [1.165, 1.54) is 0 Å². The van der Waals surface area contributed by atoms with Crippen molar-refractivity contribution < 1.29 is 9.13 Å². The number of aliphatic imine (C=N–C) groups is 1. The van der Waals surface area contributed by atoms with Crippen LogP contribution < -0.4 is 20.3 Å². The van der Waals surface area contributed by atoms with Gasteiger partial charge in [0.25, 0.3) is 0 Å². The topological polar surface area (TPSA) is 48.9 Å². The lowest BCUT2D eigenvalue weighted by Gasteiger charge is -2.15.